The van der Waals surface area contributed by atoms with Gasteiger partial charge in [-0.2, -0.15) is 0 Å². The molecule has 0 radical (unpaired) electrons. The van der Waals surface area contributed by atoms with Crippen molar-refractivity contribution in [1.29, 1.82) is 0 Å². The summed E-state index contributed by atoms with van der Waals surface area (Å²) in [5.74, 6) is 0.244. The second-order valence-corrected chi connectivity index (χ2v) is 4.91. The fourth-order valence-electron chi connectivity index (χ4n) is 1.80. The number of nitrogens with two attached hydrogens (primary N) is 1. The molecule has 4 heteroatoms. The first-order chi connectivity index (χ1) is 8.58. The lowest BCUT2D eigenvalue weighted by Crippen LogP contribution is -2.13. The van der Waals surface area contributed by atoms with Crippen molar-refractivity contribution in [2.75, 3.05) is 0 Å². The highest BCUT2D eigenvalue weighted by atomic mass is 35.5. The summed E-state index contributed by atoms with van der Waals surface area (Å²) in [4.78, 5) is 0. The van der Waals surface area contributed by atoms with E-state index in [4.69, 9.17) is 28.9 Å². The molecule has 94 valence electrons. The lowest BCUT2D eigenvalue weighted by atomic mass is 9.99. The van der Waals surface area contributed by atoms with Crippen LogP contribution in [-0.2, 0) is 6.42 Å². The molecule has 0 saturated carbocycles. The van der Waals surface area contributed by atoms with Crippen LogP contribution in [0.15, 0.2) is 42.5 Å². The van der Waals surface area contributed by atoms with Gasteiger partial charge in [-0.15, -0.1) is 0 Å². The Hall–Kier alpha value is -1.22. The molecule has 0 amide bonds. The molecule has 1 atom stereocenters. The average molecular weight is 282 g/mol. The standard InChI is InChI=1S/C14H13Cl2NO/c15-12-3-1-2-11(14(12)16)13(17)8-9-4-6-10(18)7-5-9/h1-7,13,18H,8,17H2. The summed E-state index contributed by atoms with van der Waals surface area (Å²) in [6.07, 6.45) is 0.639. The van der Waals surface area contributed by atoms with E-state index in [1.807, 2.05) is 24.3 Å². The third-order valence-corrected chi connectivity index (χ3v) is 3.61. The first kappa shape index (κ1) is 13.2. The van der Waals surface area contributed by atoms with Gasteiger partial charge in [0.2, 0.25) is 0 Å². The van der Waals surface area contributed by atoms with Crippen LogP contribution in [0.5, 0.6) is 5.75 Å². The normalized spacial score (nSPS) is 12.4. The maximum absolute atomic E-state index is 9.22. The van der Waals surface area contributed by atoms with Gasteiger partial charge in [-0.3, -0.25) is 0 Å². The molecule has 0 aliphatic carbocycles. The Morgan fingerprint density at radius 3 is 2.39 bits per heavy atom. The molecule has 0 fully saturated rings. The molecular weight excluding hydrogens is 269 g/mol. The Balaban J connectivity index is 2.19. The lowest BCUT2D eigenvalue weighted by molar-refractivity contribution is 0.475. The number of phenolic OH excluding ortho intramolecular Hbond substituents is 1. The van der Waals surface area contributed by atoms with Crippen LogP contribution < -0.4 is 5.73 Å². The van der Waals surface area contributed by atoms with Crippen LogP contribution in [0.4, 0.5) is 0 Å². The van der Waals surface area contributed by atoms with E-state index in [9.17, 15) is 5.11 Å². The second-order valence-electron chi connectivity index (χ2n) is 4.12. The van der Waals surface area contributed by atoms with Crippen LogP contribution >= 0.6 is 23.2 Å². The van der Waals surface area contributed by atoms with Crippen molar-refractivity contribution in [3.05, 3.63) is 63.6 Å². The number of halogens is 2. The third-order valence-electron chi connectivity index (χ3n) is 2.77. The molecule has 0 saturated heterocycles. The summed E-state index contributed by atoms with van der Waals surface area (Å²) in [6, 6.07) is 12.2. The molecule has 0 aliphatic rings. The Morgan fingerprint density at radius 2 is 1.72 bits per heavy atom. The number of rotatable bonds is 3. The second kappa shape index (κ2) is 5.61. The van der Waals surface area contributed by atoms with Crippen molar-refractivity contribution in [3.8, 4) is 5.75 Å². The van der Waals surface area contributed by atoms with E-state index in [-0.39, 0.29) is 11.8 Å². The molecule has 0 heterocycles. The first-order valence-electron chi connectivity index (χ1n) is 5.55. The summed E-state index contributed by atoms with van der Waals surface area (Å²) in [7, 11) is 0. The molecule has 18 heavy (non-hydrogen) atoms. The number of hydrogen-bond donors (Lipinski definition) is 2. The summed E-state index contributed by atoms with van der Waals surface area (Å²) < 4.78 is 0. The number of phenols is 1. The van der Waals surface area contributed by atoms with Crippen LogP contribution in [0, 0.1) is 0 Å². The zero-order valence-corrected chi connectivity index (χ0v) is 11.1. The minimum Gasteiger partial charge on any atom is -0.508 e. The van der Waals surface area contributed by atoms with Gasteiger partial charge in [0.1, 0.15) is 5.75 Å². The van der Waals surface area contributed by atoms with E-state index in [0.717, 1.165) is 11.1 Å². The number of benzene rings is 2. The summed E-state index contributed by atoms with van der Waals surface area (Å²) in [6.45, 7) is 0. The lowest BCUT2D eigenvalue weighted by Gasteiger charge is -2.14. The van der Waals surface area contributed by atoms with Crippen molar-refractivity contribution >= 4 is 23.2 Å². The first-order valence-corrected chi connectivity index (χ1v) is 6.31. The molecule has 0 spiro atoms. The van der Waals surface area contributed by atoms with Crippen LogP contribution in [0.25, 0.3) is 0 Å². The van der Waals surface area contributed by atoms with E-state index in [2.05, 4.69) is 0 Å². The van der Waals surface area contributed by atoms with E-state index >= 15 is 0 Å². The fourth-order valence-corrected chi connectivity index (χ4v) is 2.25. The predicted molar refractivity (Wildman–Crippen MR) is 75.2 cm³/mol. The molecule has 2 aromatic rings. The highest BCUT2D eigenvalue weighted by Gasteiger charge is 2.12. The van der Waals surface area contributed by atoms with Gasteiger partial charge < -0.3 is 10.8 Å². The van der Waals surface area contributed by atoms with E-state index < -0.39 is 0 Å². The van der Waals surface area contributed by atoms with Gasteiger partial charge in [0.15, 0.2) is 0 Å². The summed E-state index contributed by atoms with van der Waals surface area (Å²) in [5, 5.41) is 10.2. The van der Waals surface area contributed by atoms with Crippen molar-refractivity contribution < 1.29 is 5.11 Å². The molecular formula is C14H13Cl2NO. The van der Waals surface area contributed by atoms with E-state index in [1.54, 1.807) is 18.2 Å². The predicted octanol–water partition coefficient (Wildman–Crippen LogP) is 3.94. The van der Waals surface area contributed by atoms with Crippen LogP contribution in [0.3, 0.4) is 0 Å². The molecule has 3 N–H and O–H groups in total. The Kier molecular flexibility index (Phi) is 4.12. The monoisotopic (exact) mass is 281 g/mol. The zero-order chi connectivity index (χ0) is 13.1. The Bertz CT molecular complexity index is 540. The quantitative estimate of drug-likeness (QED) is 0.895. The van der Waals surface area contributed by atoms with Gasteiger partial charge in [0.25, 0.3) is 0 Å². The fraction of sp³-hybridized carbons (Fsp3) is 0.143. The van der Waals surface area contributed by atoms with Gasteiger partial charge >= 0.3 is 0 Å². The zero-order valence-electron chi connectivity index (χ0n) is 9.61. The molecule has 0 bridgehead atoms. The third kappa shape index (κ3) is 2.96. The van der Waals surface area contributed by atoms with Gasteiger partial charge in [-0.1, -0.05) is 47.5 Å². The summed E-state index contributed by atoms with van der Waals surface area (Å²) >= 11 is 12.1. The average Bonchev–Trinajstić information content (AvgIpc) is 2.35. The van der Waals surface area contributed by atoms with E-state index in [0.29, 0.717) is 16.5 Å². The van der Waals surface area contributed by atoms with Crippen molar-refractivity contribution in [3.63, 3.8) is 0 Å². The highest BCUT2D eigenvalue weighted by Crippen LogP contribution is 2.30. The minimum absolute atomic E-state index is 0.222. The molecule has 2 aromatic carbocycles. The number of aromatic hydroxyl groups is 1. The maximum Gasteiger partial charge on any atom is 0.115 e. The van der Waals surface area contributed by atoms with Crippen molar-refractivity contribution in [1.82, 2.24) is 0 Å². The molecule has 2 rings (SSSR count). The topological polar surface area (TPSA) is 46.2 Å². The summed E-state index contributed by atoms with van der Waals surface area (Å²) in [5.41, 5.74) is 8.00. The van der Waals surface area contributed by atoms with Gasteiger partial charge in [-0.05, 0) is 35.7 Å². The van der Waals surface area contributed by atoms with Gasteiger partial charge in [0, 0.05) is 6.04 Å². The SMILES string of the molecule is NC(Cc1ccc(O)cc1)c1cccc(Cl)c1Cl. The minimum atomic E-state index is -0.222. The van der Waals surface area contributed by atoms with Gasteiger partial charge in [0.05, 0.1) is 10.0 Å². The largest absolute Gasteiger partial charge is 0.508 e. The van der Waals surface area contributed by atoms with Crippen LogP contribution in [0.2, 0.25) is 10.0 Å². The maximum atomic E-state index is 9.22. The molecule has 0 aliphatic heterocycles. The van der Waals surface area contributed by atoms with Crippen molar-refractivity contribution in [2.45, 2.75) is 12.5 Å². The van der Waals surface area contributed by atoms with E-state index in [1.165, 1.54) is 0 Å². The Labute approximate surface area is 116 Å². The van der Waals surface area contributed by atoms with Crippen LogP contribution in [0.1, 0.15) is 17.2 Å². The van der Waals surface area contributed by atoms with Gasteiger partial charge in [-0.25, -0.2) is 0 Å². The smallest absolute Gasteiger partial charge is 0.115 e. The number of hydrogen-bond acceptors (Lipinski definition) is 2. The molecule has 1 unspecified atom stereocenters. The van der Waals surface area contributed by atoms with Crippen molar-refractivity contribution in [2.24, 2.45) is 5.73 Å². The van der Waals surface area contributed by atoms with Crippen LogP contribution in [-0.4, -0.2) is 5.11 Å². The Morgan fingerprint density at radius 1 is 1.06 bits per heavy atom. The highest BCUT2D eigenvalue weighted by molar-refractivity contribution is 6.42. The molecule has 2 nitrogen and oxygen atoms in total. The molecule has 0 aromatic heterocycles.